The topological polar surface area (TPSA) is 93.5 Å². The Morgan fingerprint density at radius 1 is 1.40 bits per heavy atom. The lowest BCUT2D eigenvalue weighted by Crippen LogP contribution is -2.37. The molecule has 0 radical (unpaired) electrons. The highest BCUT2D eigenvalue weighted by Gasteiger charge is 2.48. The molecule has 1 aromatic heterocycles. The Morgan fingerprint density at radius 3 is 2.90 bits per heavy atom. The number of nitrogens with one attached hydrogen (secondary N) is 1. The molecular formula is C19H18F4N4O2S. The fourth-order valence-electron chi connectivity index (χ4n) is 4.16. The van der Waals surface area contributed by atoms with Crippen LogP contribution in [0.1, 0.15) is 47.0 Å². The molecule has 0 bridgehead atoms. The molecule has 4 rings (SSSR count). The first-order chi connectivity index (χ1) is 14.1. The van der Waals surface area contributed by atoms with E-state index in [9.17, 15) is 22.4 Å². The molecule has 2 aliphatic rings. The van der Waals surface area contributed by atoms with Crippen LogP contribution in [0.15, 0.2) is 27.6 Å². The molecule has 2 aromatic rings. The van der Waals surface area contributed by atoms with Crippen LogP contribution in [-0.2, 0) is 11.7 Å². The van der Waals surface area contributed by atoms with E-state index < -0.39 is 34.9 Å². The number of benzene rings is 1. The zero-order valence-electron chi connectivity index (χ0n) is 15.8. The Kier molecular flexibility index (Phi) is 5.03. The SMILES string of the molecule is Cc1nc(C(=O)Nc2ccc(F)c([C@]34CCC[C@H]3CSC(N)=N4)c2)c(C(F)(F)F)o1. The van der Waals surface area contributed by atoms with Crippen LogP contribution < -0.4 is 11.1 Å². The van der Waals surface area contributed by atoms with Crippen LogP contribution in [0.5, 0.6) is 0 Å². The van der Waals surface area contributed by atoms with Crippen molar-refractivity contribution in [2.75, 3.05) is 11.1 Å². The number of aryl methyl sites for hydroxylation is 1. The summed E-state index contributed by atoms with van der Waals surface area (Å²) in [6.45, 7) is 1.21. The number of thioether (sulfide) groups is 1. The van der Waals surface area contributed by atoms with Gasteiger partial charge < -0.3 is 15.5 Å². The maximum absolute atomic E-state index is 14.8. The van der Waals surface area contributed by atoms with Gasteiger partial charge in [0.15, 0.2) is 16.8 Å². The van der Waals surface area contributed by atoms with Gasteiger partial charge in [-0.05, 0) is 37.0 Å². The quantitative estimate of drug-likeness (QED) is 0.685. The first-order valence-electron chi connectivity index (χ1n) is 9.24. The van der Waals surface area contributed by atoms with Crippen LogP contribution in [0.25, 0.3) is 0 Å². The molecule has 30 heavy (non-hydrogen) atoms. The van der Waals surface area contributed by atoms with Crippen LogP contribution in [0.3, 0.4) is 0 Å². The van der Waals surface area contributed by atoms with Crippen LogP contribution in [0, 0.1) is 18.7 Å². The maximum atomic E-state index is 14.8. The van der Waals surface area contributed by atoms with Gasteiger partial charge in [0.25, 0.3) is 5.91 Å². The number of fused-ring (bicyclic) bond motifs is 1. The minimum absolute atomic E-state index is 0.0882. The molecule has 1 aliphatic heterocycles. The second-order valence-electron chi connectivity index (χ2n) is 7.33. The third-order valence-electron chi connectivity index (χ3n) is 5.43. The summed E-state index contributed by atoms with van der Waals surface area (Å²) in [6.07, 6.45) is -2.55. The van der Waals surface area contributed by atoms with E-state index in [1.54, 1.807) is 0 Å². The number of rotatable bonds is 3. The Bertz CT molecular complexity index is 1040. The highest BCUT2D eigenvalue weighted by molar-refractivity contribution is 8.13. The summed E-state index contributed by atoms with van der Waals surface area (Å²) < 4.78 is 58.7. The summed E-state index contributed by atoms with van der Waals surface area (Å²) in [5, 5.41) is 2.74. The third kappa shape index (κ3) is 3.55. The molecular weight excluding hydrogens is 424 g/mol. The summed E-state index contributed by atoms with van der Waals surface area (Å²) in [5.74, 6) is -2.57. The number of carbonyl (C=O) groups is 1. The van der Waals surface area contributed by atoms with E-state index in [1.807, 2.05) is 0 Å². The number of aromatic nitrogens is 1. The van der Waals surface area contributed by atoms with Gasteiger partial charge in [0.1, 0.15) is 5.82 Å². The highest BCUT2D eigenvalue weighted by Crippen LogP contribution is 2.51. The molecule has 1 saturated carbocycles. The number of anilines is 1. The molecule has 2 atom stereocenters. The number of aliphatic imine (C=N–C) groups is 1. The van der Waals surface area contributed by atoms with E-state index in [2.05, 4.69) is 19.7 Å². The molecule has 1 aromatic carbocycles. The molecule has 160 valence electrons. The average molecular weight is 442 g/mol. The highest BCUT2D eigenvalue weighted by atomic mass is 32.2. The van der Waals surface area contributed by atoms with Gasteiger partial charge in [0, 0.05) is 23.9 Å². The van der Waals surface area contributed by atoms with Crippen molar-refractivity contribution in [2.45, 2.75) is 37.9 Å². The zero-order chi connectivity index (χ0) is 21.7. The van der Waals surface area contributed by atoms with Gasteiger partial charge in [-0.1, -0.05) is 18.2 Å². The Labute approximate surface area is 173 Å². The van der Waals surface area contributed by atoms with Gasteiger partial charge >= 0.3 is 6.18 Å². The van der Waals surface area contributed by atoms with Crippen LogP contribution >= 0.6 is 11.8 Å². The van der Waals surface area contributed by atoms with Crippen molar-refractivity contribution in [3.8, 4) is 0 Å². The van der Waals surface area contributed by atoms with E-state index in [1.165, 1.54) is 36.9 Å². The average Bonchev–Trinajstić information content (AvgIpc) is 3.26. The molecule has 3 N–H and O–H groups in total. The van der Waals surface area contributed by atoms with Gasteiger partial charge in [-0.15, -0.1) is 0 Å². The monoisotopic (exact) mass is 442 g/mol. The lowest BCUT2D eigenvalue weighted by atomic mass is 9.81. The molecule has 0 spiro atoms. The number of nitrogens with two attached hydrogens (primary N) is 1. The van der Waals surface area contributed by atoms with Crippen LogP contribution in [0.4, 0.5) is 23.2 Å². The Hall–Kier alpha value is -2.56. The van der Waals surface area contributed by atoms with Gasteiger partial charge in [0.05, 0.1) is 5.54 Å². The first kappa shape index (κ1) is 20.7. The number of hydrogen-bond acceptors (Lipinski definition) is 6. The number of alkyl halides is 3. The fraction of sp³-hybridized carbons (Fsp3) is 0.421. The summed E-state index contributed by atoms with van der Waals surface area (Å²) in [7, 11) is 0. The van der Waals surface area contributed by atoms with Gasteiger partial charge in [-0.2, -0.15) is 13.2 Å². The van der Waals surface area contributed by atoms with Gasteiger partial charge in [-0.3, -0.25) is 9.79 Å². The van der Waals surface area contributed by atoms with Crippen molar-refractivity contribution in [1.29, 1.82) is 0 Å². The molecule has 1 aliphatic carbocycles. The largest absolute Gasteiger partial charge is 0.452 e. The predicted octanol–water partition coefficient (Wildman–Crippen LogP) is 4.45. The van der Waals surface area contributed by atoms with Crippen molar-refractivity contribution in [3.05, 3.63) is 46.9 Å². The number of oxazole rings is 1. The standard InChI is InChI=1S/C19H18F4N4O2S/c1-9-25-14(15(29-9)19(21,22)23)16(28)26-11-4-5-13(20)12(7-11)18-6-2-3-10(18)8-30-17(24)27-18/h4-5,7,10H,2-3,6,8H2,1H3,(H2,24,27)(H,26,28)/t10-,18-/m0/s1. The lowest BCUT2D eigenvalue weighted by Gasteiger charge is -2.36. The van der Waals surface area contributed by atoms with Crippen molar-refractivity contribution in [2.24, 2.45) is 16.6 Å². The lowest BCUT2D eigenvalue weighted by molar-refractivity contribution is -0.153. The number of carbonyl (C=O) groups excluding carboxylic acids is 1. The van der Waals surface area contributed by atoms with Crippen molar-refractivity contribution < 1.29 is 26.8 Å². The molecule has 1 fully saturated rings. The number of hydrogen-bond donors (Lipinski definition) is 2. The third-order valence-corrected chi connectivity index (χ3v) is 6.38. The summed E-state index contributed by atoms with van der Waals surface area (Å²) in [5.41, 5.74) is 4.62. The van der Waals surface area contributed by atoms with Crippen LogP contribution in [-0.4, -0.2) is 21.8 Å². The second-order valence-corrected chi connectivity index (χ2v) is 8.37. The minimum atomic E-state index is -4.87. The second kappa shape index (κ2) is 7.29. The summed E-state index contributed by atoms with van der Waals surface area (Å²) in [6, 6.07) is 3.86. The number of amides is 1. The number of amidine groups is 1. The van der Waals surface area contributed by atoms with Crippen molar-refractivity contribution in [3.63, 3.8) is 0 Å². The van der Waals surface area contributed by atoms with E-state index in [0.29, 0.717) is 17.3 Å². The van der Waals surface area contributed by atoms with Gasteiger partial charge in [-0.25, -0.2) is 9.37 Å². The smallest absolute Gasteiger partial charge is 0.436 e. The summed E-state index contributed by atoms with van der Waals surface area (Å²) in [4.78, 5) is 20.6. The van der Waals surface area contributed by atoms with E-state index in [4.69, 9.17) is 5.73 Å². The molecule has 0 unspecified atom stereocenters. The number of halogens is 4. The Balaban J connectivity index is 1.69. The Morgan fingerprint density at radius 2 is 2.17 bits per heavy atom. The van der Waals surface area contributed by atoms with E-state index >= 15 is 0 Å². The maximum Gasteiger partial charge on any atom is 0.452 e. The van der Waals surface area contributed by atoms with Gasteiger partial charge in [0.2, 0.25) is 5.76 Å². The minimum Gasteiger partial charge on any atom is -0.436 e. The zero-order valence-corrected chi connectivity index (χ0v) is 16.7. The fourth-order valence-corrected chi connectivity index (χ4v) is 5.20. The molecule has 11 heteroatoms. The normalized spacial score (nSPS) is 23.8. The molecule has 1 amide bonds. The summed E-state index contributed by atoms with van der Waals surface area (Å²) >= 11 is 1.42. The molecule has 2 heterocycles. The molecule has 6 nitrogen and oxygen atoms in total. The first-order valence-corrected chi connectivity index (χ1v) is 10.2. The van der Waals surface area contributed by atoms with Crippen LogP contribution in [0.2, 0.25) is 0 Å². The van der Waals surface area contributed by atoms with Crippen molar-refractivity contribution in [1.82, 2.24) is 4.98 Å². The van der Waals surface area contributed by atoms with E-state index in [0.717, 1.165) is 12.8 Å². The predicted molar refractivity (Wildman–Crippen MR) is 104 cm³/mol. The van der Waals surface area contributed by atoms with E-state index in [-0.39, 0.29) is 23.1 Å². The van der Waals surface area contributed by atoms with Crippen molar-refractivity contribution >= 4 is 28.5 Å². The number of nitrogens with zero attached hydrogens (tertiary/aromatic N) is 2. The molecule has 0 saturated heterocycles.